The van der Waals surface area contributed by atoms with E-state index < -0.39 is 0 Å². The molecule has 1 aromatic carbocycles. The molecule has 0 saturated heterocycles. The number of aromatic hydroxyl groups is 1. The Morgan fingerprint density at radius 3 is 2.53 bits per heavy atom. The molecule has 17 heavy (non-hydrogen) atoms. The summed E-state index contributed by atoms with van der Waals surface area (Å²) in [5, 5.41) is 13.2. The number of nitrogens with one attached hydrogen (secondary N) is 1. The third kappa shape index (κ3) is 5.09. The fraction of sp³-hybridized carbons (Fsp3) is 0.571. The molecular formula is C14H23NO2. The number of rotatable bonds is 5. The zero-order valence-electron chi connectivity index (χ0n) is 11.2. The summed E-state index contributed by atoms with van der Waals surface area (Å²) in [5.41, 5.74) is 0.938. The normalized spacial score (nSPS) is 11.5. The van der Waals surface area contributed by atoms with Crippen LogP contribution in [0.1, 0.15) is 39.7 Å². The summed E-state index contributed by atoms with van der Waals surface area (Å²) in [6.45, 7) is 9.69. The molecule has 0 spiro atoms. The molecule has 0 aromatic heterocycles. The van der Waals surface area contributed by atoms with Crippen molar-refractivity contribution in [3.05, 3.63) is 23.8 Å². The minimum absolute atomic E-state index is 0.0455. The lowest BCUT2D eigenvalue weighted by molar-refractivity contribution is 0.315. The van der Waals surface area contributed by atoms with E-state index >= 15 is 0 Å². The first kappa shape index (κ1) is 13.8. The molecule has 3 heteroatoms. The first-order chi connectivity index (χ1) is 7.92. The summed E-state index contributed by atoms with van der Waals surface area (Å²) in [6.07, 6.45) is 0.966. The van der Waals surface area contributed by atoms with Gasteiger partial charge in [0.25, 0.3) is 0 Å². The average molecular weight is 237 g/mol. The van der Waals surface area contributed by atoms with Gasteiger partial charge in [0.15, 0.2) is 0 Å². The summed E-state index contributed by atoms with van der Waals surface area (Å²) >= 11 is 0. The number of hydrogen-bond acceptors (Lipinski definition) is 3. The molecule has 0 atom stereocenters. The Labute approximate surface area is 104 Å². The highest BCUT2D eigenvalue weighted by molar-refractivity contribution is 5.39. The van der Waals surface area contributed by atoms with Gasteiger partial charge in [-0.1, -0.05) is 13.0 Å². The van der Waals surface area contributed by atoms with E-state index in [1.807, 2.05) is 12.1 Å². The van der Waals surface area contributed by atoms with Gasteiger partial charge in [0.1, 0.15) is 11.5 Å². The third-order valence-corrected chi connectivity index (χ3v) is 2.34. The standard InChI is InChI=1S/C14H23NO2/c1-5-8-17-12-7-6-11(13(16)9-12)10-15-14(2,3)4/h6-7,9,15-16H,5,8,10H2,1-4H3. The summed E-state index contributed by atoms with van der Waals surface area (Å²) in [6, 6.07) is 5.48. The lowest BCUT2D eigenvalue weighted by atomic mass is 10.1. The average Bonchev–Trinajstić information content (AvgIpc) is 2.23. The molecule has 0 aliphatic heterocycles. The first-order valence-electron chi connectivity index (χ1n) is 6.12. The monoisotopic (exact) mass is 237 g/mol. The molecule has 96 valence electrons. The van der Waals surface area contributed by atoms with Crippen molar-refractivity contribution in [1.82, 2.24) is 5.32 Å². The van der Waals surface area contributed by atoms with Crippen molar-refractivity contribution in [1.29, 1.82) is 0 Å². The van der Waals surface area contributed by atoms with Crippen LogP contribution in [0.4, 0.5) is 0 Å². The SMILES string of the molecule is CCCOc1ccc(CNC(C)(C)C)c(O)c1. The van der Waals surface area contributed by atoms with Gasteiger partial charge in [-0.15, -0.1) is 0 Å². The maximum atomic E-state index is 9.87. The zero-order chi connectivity index (χ0) is 12.9. The van der Waals surface area contributed by atoms with Gasteiger partial charge in [0.05, 0.1) is 6.61 Å². The minimum Gasteiger partial charge on any atom is -0.507 e. The van der Waals surface area contributed by atoms with Gasteiger partial charge < -0.3 is 15.2 Å². The van der Waals surface area contributed by atoms with Crippen molar-refractivity contribution >= 4 is 0 Å². The van der Waals surface area contributed by atoms with E-state index in [9.17, 15) is 5.11 Å². The predicted octanol–water partition coefficient (Wildman–Crippen LogP) is 3.07. The van der Waals surface area contributed by atoms with Crippen molar-refractivity contribution in [3.63, 3.8) is 0 Å². The van der Waals surface area contributed by atoms with Crippen LogP contribution in [0.15, 0.2) is 18.2 Å². The van der Waals surface area contributed by atoms with Crippen LogP contribution in [0, 0.1) is 0 Å². The predicted molar refractivity (Wildman–Crippen MR) is 70.5 cm³/mol. The van der Waals surface area contributed by atoms with E-state index in [1.54, 1.807) is 6.07 Å². The smallest absolute Gasteiger partial charge is 0.123 e. The number of benzene rings is 1. The number of hydrogen-bond donors (Lipinski definition) is 2. The van der Waals surface area contributed by atoms with Crippen LogP contribution < -0.4 is 10.1 Å². The molecule has 3 nitrogen and oxygen atoms in total. The molecule has 0 radical (unpaired) electrons. The second-order valence-corrected chi connectivity index (χ2v) is 5.24. The Morgan fingerprint density at radius 2 is 2.00 bits per heavy atom. The van der Waals surface area contributed by atoms with Crippen LogP contribution in [0.25, 0.3) is 0 Å². The molecule has 0 heterocycles. The van der Waals surface area contributed by atoms with Crippen molar-refractivity contribution < 1.29 is 9.84 Å². The van der Waals surface area contributed by atoms with Gasteiger partial charge in [-0.05, 0) is 33.3 Å². The second kappa shape index (κ2) is 5.92. The minimum atomic E-state index is 0.0455. The largest absolute Gasteiger partial charge is 0.507 e. The fourth-order valence-electron chi connectivity index (χ4n) is 1.36. The molecule has 0 saturated carbocycles. The van der Waals surface area contributed by atoms with E-state index in [0.717, 1.165) is 17.7 Å². The van der Waals surface area contributed by atoms with Crippen LogP contribution in [0.2, 0.25) is 0 Å². The van der Waals surface area contributed by atoms with Crippen LogP contribution >= 0.6 is 0 Å². The van der Waals surface area contributed by atoms with Gasteiger partial charge in [0.2, 0.25) is 0 Å². The Kier molecular flexibility index (Phi) is 4.82. The van der Waals surface area contributed by atoms with E-state index in [1.165, 1.54) is 0 Å². The Hall–Kier alpha value is -1.22. The molecule has 0 bridgehead atoms. The van der Waals surface area contributed by atoms with Gasteiger partial charge >= 0.3 is 0 Å². The van der Waals surface area contributed by atoms with Crippen molar-refractivity contribution in [2.45, 2.75) is 46.2 Å². The Morgan fingerprint density at radius 1 is 1.29 bits per heavy atom. The van der Waals surface area contributed by atoms with E-state index in [-0.39, 0.29) is 11.3 Å². The van der Waals surface area contributed by atoms with Crippen LogP contribution in [-0.2, 0) is 6.54 Å². The highest BCUT2D eigenvalue weighted by Gasteiger charge is 2.10. The lowest BCUT2D eigenvalue weighted by Gasteiger charge is -2.21. The molecule has 2 N–H and O–H groups in total. The van der Waals surface area contributed by atoms with Gasteiger partial charge in [-0.2, -0.15) is 0 Å². The topological polar surface area (TPSA) is 41.5 Å². The molecule has 0 aliphatic rings. The summed E-state index contributed by atoms with van der Waals surface area (Å²) < 4.78 is 5.46. The number of phenols is 1. The summed E-state index contributed by atoms with van der Waals surface area (Å²) in [7, 11) is 0. The van der Waals surface area contributed by atoms with Gasteiger partial charge in [-0.3, -0.25) is 0 Å². The van der Waals surface area contributed by atoms with Gasteiger partial charge in [0, 0.05) is 23.7 Å². The van der Waals surface area contributed by atoms with Gasteiger partial charge in [-0.25, -0.2) is 0 Å². The number of ether oxygens (including phenoxy) is 1. The fourth-order valence-corrected chi connectivity index (χ4v) is 1.36. The molecule has 0 unspecified atom stereocenters. The highest BCUT2D eigenvalue weighted by Crippen LogP contribution is 2.24. The second-order valence-electron chi connectivity index (χ2n) is 5.24. The lowest BCUT2D eigenvalue weighted by Crippen LogP contribution is -2.35. The molecular weight excluding hydrogens is 214 g/mol. The van der Waals surface area contributed by atoms with Crippen LogP contribution in [0.5, 0.6) is 11.5 Å². The quantitative estimate of drug-likeness (QED) is 0.827. The Balaban J connectivity index is 2.63. The van der Waals surface area contributed by atoms with Crippen LogP contribution in [0.3, 0.4) is 0 Å². The molecule has 0 aliphatic carbocycles. The van der Waals surface area contributed by atoms with Crippen molar-refractivity contribution in [2.75, 3.05) is 6.61 Å². The first-order valence-corrected chi connectivity index (χ1v) is 6.12. The zero-order valence-corrected chi connectivity index (χ0v) is 11.2. The van der Waals surface area contributed by atoms with Crippen molar-refractivity contribution in [2.24, 2.45) is 0 Å². The van der Waals surface area contributed by atoms with E-state index in [2.05, 4.69) is 33.0 Å². The molecule has 1 rings (SSSR count). The maximum Gasteiger partial charge on any atom is 0.123 e. The van der Waals surface area contributed by atoms with E-state index in [4.69, 9.17) is 4.74 Å². The van der Waals surface area contributed by atoms with E-state index in [0.29, 0.717) is 13.2 Å². The summed E-state index contributed by atoms with van der Waals surface area (Å²) in [5.74, 6) is 1.01. The number of phenolic OH excluding ortho intramolecular Hbond substituents is 1. The molecule has 0 amide bonds. The Bertz CT molecular complexity index is 356. The molecule has 1 aromatic rings. The van der Waals surface area contributed by atoms with Crippen LogP contribution in [-0.4, -0.2) is 17.3 Å². The highest BCUT2D eigenvalue weighted by atomic mass is 16.5. The van der Waals surface area contributed by atoms with Crippen molar-refractivity contribution in [3.8, 4) is 11.5 Å². The third-order valence-electron chi connectivity index (χ3n) is 2.34. The molecule has 0 fully saturated rings. The maximum absolute atomic E-state index is 9.87. The summed E-state index contributed by atoms with van der Waals surface area (Å²) in [4.78, 5) is 0.